The number of imidazole rings is 1. The zero-order chi connectivity index (χ0) is 50.4. The Balaban J connectivity index is 0.000000237. The van der Waals surface area contributed by atoms with Crippen LogP contribution in [0.2, 0.25) is 0 Å². The summed E-state index contributed by atoms with van der Waals surface area (Å²) >= 11 is 0. The van der Waals surface area contributed by atoms with Crippen LogP contribution in [0, 0.1) is 0 Å². The predicted molar refractivity (Wildman–Crippen MR) is 217 cm³/mol. The van der Waals surface area contributed by atoms with Crippen molar-refractivity contribution >= 4 is 16.9 Å². The molecule has 3 N–H and O–H groups in total. The first-order valence-corrected chi connectivity index (χ1v) is 20.5. The number of halogens is 13. The Morgan fingerprint density at radius 3 is 1.74 bits per heavy atom. The molecule has 25 heteroatoms. The van der Waals surface area contributed by atoms with E-state index in [0.29, 0.717) is 19.4 Å². The molecule has 0 spiro atoms. The lowest BCUT2D eigenvalue weighted by Gasteiger charge is -2.17. The highest BCUT2D eigenvalue weighted by atomic mass is 19.4. The van der Waals surface area contributed by atoms with Crippen molar-refractivity contribution in [1.29, 1.82) is 0 Å². The summed E-state index contributed by atoms with van der Waals surface area (Å²) in [7, 11) is 0. The molecule has 0 unspecified atom stereocenters. The van der Waals surface area contributed by atoms with E-state index in [1.54, 1.807) is 52.3 Å². The molecule has 0 atom stereocenters. The minimum Gasteiger partial charge on any atom is -0.406 e. The number of alkyl halides is 13. The van der Waals surface area contributed by atoms with Gasteiger partial charge in [0.05, 0.1) is 16.6 Å². The molecule has 1 saturated carbocycles. The molecule has 6 rings (SSSR count). The van der Waals surface area contributed by atoms with Gasteiger partial charge < -0.3 is 20.4 Å². The fourth-order valence-electron chi connectivity index (χ4n) is 6.10. The lowest BCUT2D eigenvalue weighted by molar-refractivity contribution is -0.274. The fraction of sp³-hybridized carbons (Fsp3) is 0.585. The Bertz CT molecular complexity index is 2320. The molecule has 0 saturated heterocycles. The highest BCUT2D eigenvalue weighted by Crippen LogP contribution is 2.42. The van der Waals surface area contributed by atoms with Gasteiger partial charge in [0.25, 0.3) is 12.3 Å². The zero-order valence-electron chi connectivity index (χ0n) is 37.6. The Morgan fingerprint density at radius 2 is 1.33 bits per heavy atom. The van der Waals surface area contributed by atoms with Crippen molar-refractivity contribution in [2.75, 3.05) is 6.54 Å². The maximum Gasteiger partial charge on any atom is 0.573 e. The van der Waals surface area contributed by atoms with Crippen molar-refractivity contribution in [2.45, 2.75) is 150 Å². The van der Waals surface area contributed by atoms with E-state index in [2.05, 4.69) is 30.3 Å². The van der Waals surface area contributed by atoms with Gasteiger partial charge in [0.2, 0.25) is 0 Å². The van der Waals surface area contributed by atoms with E-state index >= 15 is 0 Å². The largest absolute Gasteiger partial charge is 0.573 e. The summed E-state index contributed by atoms with van der Waals surface area (Å²) in [4.78, 5) is 14.6. The molecule has 1 aliphatic carbocycles. The second-order valence-electron chi connectivity index (χ2n) is 16.3. The van der Waals surface area contributed by atoms with E-state index in [1.165, 1.54) is 21.5 Å². The third-order valence-electron chi connectivity index (χ3n) is 9.26. The van der Waals surface area contributed by atoms with Gasteiger partial charge in [-0.25, -0.2) is 13.8 Å². The fourth-order valence-corrected chi connectivity index (χ4v) is 6.10. The van der Waals surface area contributed by atoms with Crippen LogP contribution >= 0.6 is 0 Å². The van der Waals surface area contributed by atoms with Crippen molar-refractivity contribution < 1.29 is 66.6 Å². The molecule has 1 fully saturated rings. The molecule has 1 aliphatic rings. The molecule has 0 aliphatic heterocycles. The number of fused-ring (bicyclic) bond motifs is 1. The maximum absolute atomic E-state index is 13.6. The summed E-state index contributed by atoms with van der Waals surface area (Å²) in [5.74, 6) is -4.82. The molecule has 12 nitrogen and oxygen atoms in total. The summed E-state index contributed by atoms with van der Waals surface area (Å²) in [6, 6.07) is 4.33. The topological polar surface area (TPSA) is 136 Å². The number of amides is 1. The van der Waals surface area contributed by atoms with E-state index in [-0.39, 0.29) is 47.0 Å². The summed E-state index contributed by atoms with van der Waals surface area (Å²) in [6.45, 7) is 17.5. The smallest absolute Gasteiger partial charge is 0.406 e. The highest BCUT2D eigenvalue weighted by Gasteiger charge is 2.40. The number of carbonyl (C=O) groups is 1. The van der Waals surface area contributed by atoms with Crippen LogP contribution in [0.3, 0.4) is 0 Å². The lowest BCUT2D eigenvalue weighted by atomic mass is 10.2. The number of nitrogens with zero attached hydrogens (tertiary/aromatic N) is 8. The first-order valence-electron chi connectivity index (χ1n) is 20.5. The quantitative estimate of drug-likeness (QED) is 0.119. The predicted octanol–water partition coefficient (Wildman–Crippen LogP) is 12.1. The van der Waals surface area contributed by atoms with Gasteiger partial charge >= 0.3 is 24.6 Å². The van der Waals surface area contributed by atoms with Gasteiger partial charge in [0, 0.05) is 73.3 Å². The second-order valence-corrected chi connectivity index (χ2v) is 16.3. The lowest BCUT2D eigenvalue weighted by Crippen LogP contribution is -2.18. The van der Waals surface area contributed by atoms with Crippen LogP contribution in [0.15, 0.2) is 36.7 Å². The number of hydrogen-bond donors (Lipinski definition) is 2. The number of nitrogens with one attached hydrogen (secondary N) is 1. The Kier molecular flexibility index (Phi) is 17.9. The van der Waals surface area contributed by atoms with Crippen molar-refractivity contribution in [3.63, 3.8) is 0 Å². The molecule has 1 amide bonds. The number of rotatable bonds is 12. The highest BCUT2D eigenvalue weighted by molar-refractivity contribution is 5.93. The average Bonchev–Trinajstić information content (AvgIpc) is 3.54. The Labute approximate surface area is 371 Å². The van der Waals surface area contributed by atoms with Crippen LogP contribution in [0.4, 0.5) is 57.1 Å². The molecular weight excluding hydrogens is 911 g/mol. The molecule has 0 bridgehead atoms. The van der Waals surface area contributed by atoms with Crippen LogP contribution in [0.25, 0.3) is 11.0 Å². The first kappa shape index (κ1) is 55.0. The number of aromatic nitrogens is 8. The normalized spacial score (nSPS) is 13.6. The van der Waals surface area contributed by atoms with Crippen LogP contribution in [-0.4, -0.2) is 57.7 Å². The molecule has 370 valence electrons. The summed E-state index contributed by atoms with van der Waals surface area (Å²) in [6.07, 6.45) is -11.6. The number of benzene rings is 1. The Morgan fingerprint density at radius 1 is 0.788 bits per heavy atom. The van der Waals surface area contributed by atoms with Gasteiger partial charge in [-0.05, 0) is 93.0 Å². The zero-order valence-corrected chi connectivity index (χ0v) is 37.6. The van der Waals surface area contributed by atoms with Crippen LogP contribution in [-0.2, 0) is 24.8 Å². The van der Waals surface area contributed by atoms with Crippen molar-refractivity contribution in [3.05, 3.63) is 76.4 Å². The Hall–Kier alpha value is -5.36. The number of nitrogens with two attached hydrogens (primary N) is 1. The summed E-state index contributed by atoms with van der Waals surface area (Å²) < 4.78 is 173. The van der Waals surface area contributed by atoms with E-state index in [4.69, 9.17) is 5.73 Å². The number of carbonyl (C=O) groups excluding carboxylic acids is 1. The molecule has 66 heavy (non-hydrogen) atoms. The average molecular weight is 965 g/mol. The molecule has 4 aromatic heterocycles. The van der Waals surface area contributed by atoms with Gasteiger partial charge in [0.15, 0.2) is 17.2 Å². The number of hydrogen-bond acceptors (Lipinski definition) is 7. The summed E-state index contributed by atoms with van der Waals surface area (Å²) in [5, 5.41) is 13.7. The number of ether oxygens (including phenoxy) is 1. The van der Waals surface area contributed by atoms with Gasteiger partial charge in [-0.3, -0.25) is 18.8 Å². The van der Waals surface area contributed by atoms with Crippen molar-refractivity contribution in [2.24, 2.45) is 5.73 Å². The molecule has 0 radical (unpaired) electrons. The monoisotopic (exact) mass is 964 g/mol. The standard InChI is InChI=1S/C13H13F5N2O.C10H16F3N3.C10H14F2N2.C8H10F3N3O/c1-7(2)20-10-6-8(21-13(16,17)18)4-5-9(10)19-11(20)12(3,14)15;1-4-14-5-8-6-16(7(2)3)15-9(8)10(11,12)13;1-6(2)14-9(7-3-4-7)5-8(13-14)10(11)12;1-4(2)14-3-5(7(12)15)6(13-14)8(9,10)11/h4-7H,1-3H3;6-7,14H,4-5H2,1-3H3;5-7,10H,3-4H2,1-2H3;3-4H,1-2H3,(H2,12,15). The first-order chi connectivity index (χ1) is 30.2. The maximum atomic E-state index is 13.6. The SMILES string of the molecule is CC(C)n1c(C(C)(F)F)nc2ccc(OC(F)(F)F)cc21.CC(C)n1cc(C(N)=O)c(C(F)(F)F)n1.CC(C)n1nc(C(F)F)cc1C1CC1.CCNCc1cn(C(C)C)nc1C(F)(F)F. The van der Waals surface area contributed by atoms with Crippen molar-refractivity contribution in [1.82, 2.24) is 44.2 Å². The van der Waals surface area contributed by atoms with E-state index in [1.807, 2.05) is 20.8 Å². The number of primary amides is 1. The van der Waals surface area contributed by atoms with E-state index < -0.39 is 71.5 Å². The minimum atomic E-state index is -4.84. The molecule has 4 heterocycles. The van der Waals surface area contributed by atoms with Gasteiger partial charge in [-0.2, -0.15) is 50.4 Å². The van der Waals surface area contributed by atoms with Crippen LogP contribution in [0.1, 0.15) is 163 Å². The van der Waals surface area contributed by atoms with Crippen LogP contribution < -0.4 is 15.8 Å². The van der Waals surface area contributed by atoms with Crippen molar-refractivity contribution in [3.8, 4) is 5.75 Å². The third kappa shape index (κ3) is 15.1. The molecule has 5 aromatic rings. The van der Waals surface area contributed by atoms with Crippen LogP contribution in [0.5, 0.6) is 5.75 Å². The van der Waals surface area contributed by atoms with Gasteiger partial charge in [-0.15, -0.1) is 13.2 Å². The molecular formula is C41H53F13N10O2. The minimum absolute atomic E-state index is 0.0727. The van der Waals surface area contributed by atoms with Gasteiger partial charge in [0.1, 0.15) is 11.4 Å². The van der Waals surface area contributed by atoms with E-state index in [0.717, 1.165) is 41.5 Å². The molecule has 1 aromatic carbocycles. The third-order valence-corrected chi connectivity index (χ3v) is 9.26. The summed E-state index contributed by atoms with van der Waals surface area (Å²) in [5.41, 5.74) is 3.66. The van der Waals surface area contributed by atoms with E-state index in [9.17, 15) is 61.9 Å². The van der Waals surface area contributed by atoms with Gasteiger partial charge in [-0.1, -0.05) is 6.92 Å². The second kappa shape index (κ2) is 21.5.